The van der Waals surface area contributed by atoms with E-state index < -0.39 is 5.97 Å². The number of rotatable bonds is 5. The first-order chi connectivity index (χ1) is 11.6. The van der Waals surface area contributed by atoms with Crippen molar-refractivity contribution in [2.75, 3.05) is 5.32 Å². The number of carbonyl (C=O) groups is 1. The fourth-order valence-electron chi connectivity index (χ4n) is 2.54. The SMILES string of the molecule is Cc1cc(C(=O)[O-])c(NC(c2ccccc2)c2ccccc2)nn1.[Li+]. The first kappa shape index (κ1) is 18.7. The van der Waals surface area contributed by atoms with Crippen LogP contribution < -0.4 is 29.3 Å². The van der Waals surface area contributed by atoms with Crippen molar-refractivity contribution in [1.29, 1.82) is 0 Å². The Bertz CT molecular complexity index is 802. The van der Waals surface area contributed by atoms with E-state index in [1.165, 1.54) is 6.07 Å². The number of aromatic carboxylic acids is 1. The molecule has 0 atom stereocenters. The Balaban J connectivity index is 0.00000225. The standard InChI is InChI=1S/C19H17N3O2.Li/c1-13-12-16(19(23)24)18(22-21-13)20-17(14-8-4-2-5-9-14)15-10-6-3-7-11-15;/h2-12,17H,1H3,(H,20,22)(H,23,24);/q;+1/p-1. The Labute approximate surface area is 158 Å². The Hall–Kier alpha value is -2.61. The van der Waals surface area contributed by atoms with E-state index in [0.29, 0.717) is 5.69 Å². The average molecular weight is 325 g/mol. The molecule has 0 amide bonds. The van der Waals surface area contributed by atoms with Gasteiger partial charge in [0.2, 0.25) is 0 Å². The van der Waals surface area contributed by atoms with Crippen LogP contribution in [0.4, 0.5) is 5.82 Å². The minimum atomic E-state index is -1.28. The third-order valence-corrected chi connectivity index (χ3v) is 3.68. The van der Waals surface area contributed by atoms with E-state index in [4.69, 9.17) is 0 Å². The van der Waals surface area contributed by atoms with Gasteiger partial charge in [-0.05, 0) is 24.1 Å². The number of carbonyl (C=O) groups excluding carboxylic acids is 1. The summed E-state index contributed by atoms with van der Waals surface area (Å²) in [5, 5.41) is 22.6. The van der Waals surface area contributed by atoms with Gasteiger partial charge in [-0.15, -0.1) is 5.10 Å². The molecule has 0 spiro atoms. The van der Waals surface area contributed by atoms with Gasteiger partial charge in [-0.1, -0.05) is 60.7 Å². The predicted octanol–water partition coefficient (Wildman–Crippen LogP) is -0.646. The molecule has 5 nitrogen and oxygen atoms in total. The number of aryl methyl sites for hydroxylation is 1. The number of nitrogens with zero attached hydrogens (tertiary/aromatic N) is 2. The second-order valence-corrected chi connectivity index (χ2v) is 5.43. The molecule has 1 heterocycles. The molecule has 2 aromatic carbocycles. The number of aromatic nitrogens is 2. The zero-order valence-corrected chi connectivity index (χ0v) is 14.1. The normalized spacial score (nSPS) is 10.2. The van der Waals surface area contributed by atoms with Crippen LogP contribution in [-0.4, -0.2) is 16.2 Å². The number of benzene rings is 2. The van der Waals surface area contributed by atoms with Gasteiger partial charge in [0.1, 0.15) is 0 Å². The molecule has 0 fully saturated rings. The molecule has 0 saturated heterocycles. The Morgan fingerprint density at radius 2 is 1.48 bits per heavy atom. The zero-order chi connectivity index (χ0) is 16.9. The maximum absolute atomic E-state index is 11.4. The molecule has 3 aromatic rings. The molecule has 1 N–H and O–H groups in total. The van der Waals surface area contributed by atoms with Gasteiger partial charge in [0.15, 0.2) is 5.82 Å². The molecule has 0 saturated carbocycles. The summed E-state index contributed by atoms with van der Waals surface area (Å²) in [7, 11) is 0. The molecule has 25 heavy (non-hydrogen) atoms. The van der Waals surface area contributed by atoms with Gasteiger partial charge >= 0.3 is 18.9 Å². The van der Waals surface area contributed by atoms with Crippen molar-refractivity contribution in [3.05, 3.63) is 89.1 Å². The van der Waals surface area contributed by atoms with Gasteiger partial charge in [-0.2, -0.15) is 5.10 Å². The van der Waals surface area contributed by atoms with Crippen LogP contribution in [0.5, 0.6) is 0 Å². The molecule has 6 heteroatoms. The summed E-state index contributed by atoms with van der Waals surface area (Å²) in [6.07, 6.45) is 0. The van der Waals surface area contributed by atoms with E-state index in [0.717, 1.165) is 11.1 Å². The van der Waals surface area contributed by atoms with E-state index in [-0.39, 0.29) is 36.3 Å². The van der Waals surface area contributed by atoms with Crippen LogP contribution in [0.25, 0.3) is 0 Å². The largest absolute Gasteiger partial charge is 1.00 e. The van der Waals surface area contributed by atoms with Crippen LogP contribution in [0.15, 0.2) is 66.7 Å². The van der Waals surface area contributed by atoms with Crippen LogP contribution in [-0.2, 0) is 0 Å². The molecule has 0 aliphatic carbocycles. The Morgan fingerprint density at radius 3 is 1.96 bits per heavy atom. The first-order valence-corrected chi connectivity index (χ1v) is 7.57. The van der Waals surface area contributed by atoms with E-state index in [2.05, 4.69) is 15.5 Å². The van der Waals surface area contributed by atoms with Gasteiger partial charge in [0.05, 0.1) is 17.7 Å². The van der Waals surface area contributed by atoms with Crippen LogP contribution in [0, 0.1) is 6.92 Å². The van der Waals surface area contributed by atoms with Gasteiger partial charge < -0.3 is 15.2 Å². The van der Waals surface area contributed by atoms with E-state index >= 15 is 0 Å². The van der Waals surface area contributed by atoms with Crippen molar-refractivity contribution in [1.82, 2.24) is 10.2 Å². The van der Waals surface area contributed by atoms with Gasteiger partial charge in [-0.25, -0.2) is 0 Å². The van der Waals surface area contributed by atoms with Crippen LogP contribution >= 0.6 is 0 Å². The number of hydrogen-bond acceptors (Lipinski definition) is 5. The fraction of sp³-hybridized carbons (Fsp3) is 0.105. The summed E-state index contributed by atoms with van der Waals surface area (Å²) in [5.74, 6) is -1.09. The van der Waals surface area contributed by atoms with Crippen molar-refractivity contribution in [2.45, 2.75) is 13.0 Å². The molecule has 0 aliphatic heterocycles. The molecule has 0 aliphatic rings. The van der Waals surface area contributed by atoms with Gasteiger partial charge in [-0.3, -0.25) is 0 Å². The molecule has 0 radical (unpaired) electrons. The molecule has 1 aromatic heterocycles. The summed E-state index contributed by atoms with van der Waals surface area (Å²) in [6.45, 7) is 1.69. The van der Waals surface area contributed by atoms with E-state index in [1.807, 2.05) is 60.7 Å². The van der Waals surface area contributed by atoms with Crippen molar-refractivity contribution < 1.29 is 28.8 Å². The van der Waals surface area contributed by atoms with E-state index in [1.54, 1.807) is 6.92 Å². The van der Waals surface area contributed by atoms with Crippen molar-refractivity contribution in [2.24, 2.45) is 0 Å². The molecular weight excluding hydrogens is 309 g/mol. The minimum absolute atomic E-state index is 0. The number of carboxylic acid groups (broad SMARTS) is 1. The number of nitrogens with one attached hydrogen (secondary N) is 1. The Kier molecular flexibility index (Phi) is 6.35. The topological polar surface area (TPSA) is 77.9 Å². The quantitative estimate of drug-likeness (QED) is 0.631. The van der Waals surface area contributed by atoms with Gasteiger partial charge in [0, 0.05) is 5.56 Å². The van der Waals surface area contributed by atoms with Crippen LogP contribution in [0.1, 0.15) is 33.2 Å². The third-order valence-electron chi connectivity index (χ3n) is 3.68. The van der Waals surface area contributed by atoms with Crippen molar-refractivity contribution in [3.8, 4) is 0 Å². The summed E-state index contributed by atoms with van der Waals surface area (Å²) in [6, 6.07) is 20.7. The van der Waals surface area contributed by atoms with Crippen molar-refractivity contribution in [3.63, 3.8) is 0 Å². The summed E-state index contributed by atoms with van der Waals surface area (Å²) in [4.78, 5) is 11.4. The first-order valence-electron chi connectivity index (χ1n) is 7.57. The second kappa shape index (κ2) is 8.47. The molecule has 3 rings (SSSR count). The summed E-state index contributed by atoms with van der Waals surface area (Å²) >= 11 is 0. The summed E-state index contributed by atoms with van der Waals surface area (Å²) in [5.41, 5.74) is 2.51. The van der Waals surface area contributed by atoms with Crippen molar-refractivity contribution >= 4 is 11.8 Å². The molecule has 120 valence electrons. The second-order valence-electron chi connectivity index (χ2n) is 5.43. The van der Waals surface area contributed by atoms with Crippen LogP contribution in [0.2, 0.25) is 0 Å². The molecule has 0 unspecified atom stereocenters. The number of carboxylic acids is 1. The summed E-state index contributed by atoms with van der Waals surface area (Å²) < 4.78 is 0. The molecule has 0 bridgehead atoms. The number of anilines is 1. The number of hydrogen-bond donors (Lipinski definition) is 1. The zero-order valence-electron chi connectivity index (χ0n) is 14.1. The average Bonchev–Trinajstić information content (AvgIpc) is 2.62. The monoisotopic (exact) mass is 325 g/mol. The maximum atomic E-state index is 11.4. The van der Waals surface area contributed by atoms with Gasteiger partial charge in [0.25, 0.3) is 0 Å². The smallest absolute Gasteiger partial charge is 0.545 e. The minimum Gasteiger partial charge on any atom is -0.545 e. The molecular formula is C19H16LiN3O2. The van der Waals surface area contributed by atoms with Crippen LogP contribution in [0.3, 0.4) is 0 Å². The fourth-order valence-corrected chi connectivity index (χ4v) is 2.54. The predicted molar refractivity (Wildman–Crippen MR) is 89.4 cm³/mol. The third kappa shape index (κ3) is 4.47. The van der Waals surface area contributed by atoms with E-state index in [9.17, 15) is 9.90 Å². The Morgan fingerprint density at radius 1 is 0.960 bits per heavy atom. The maximum Gasteiger partial charge on any atom is 1.00 e.